The van der Waals surface area contributed by atoms with Crippen LogP contribution in [0.3, 0.4) is 0 Å². The normalized spacial score (nSPS) is 50.1. The van der Waals surface area contributed by atoms with Crippen LogP contribution in [0.15, 0.2) is 0 Å². The van der Waals surface area contributed by atoms with Crippen molar-refractivity contribution in [1.29, 1.82) is 0 Å². The van der Waals surface area contributed by atoms with Gasteiger partial charge in [-0.25, -0.2) is 0 Å². The Morgan fingerprint density at radius 3 is 2.53 bits per heavy atom. The summed E-state index contributed by atoms with van der Waals surface area (Å²) in [6.07, 6.45) is 14.8. The second-order valence-electron chi connectivity index (χ2n) is 13.5. The van der Waals surface area contributed by atoms with Crippen LogP contribution in [0.1, 0.15) is 112 Å². The van der Waals surface area contributed by atoms with Gasteiger partial charge in [-0.3, -0.25) is 4.79 Å². The van der Waals surface area contributed by atoms with Crippen LogP contribution in [0.25, 0.3) is 0 Å². The molecule has 0 unspecified atom stereocenters. The zero-order chi connectivity index (χ0) is 22.9. The maximum absolute atomic E-state index is 11.6. The Morgan fingerprint density at radius 1 is 1.03 bits per heavy atom. The first kappa shape index (κ1) is 23.2. The van der Waals surface area contributed by atoms with Crippen LogP contribution < -0.4 is 0 Å². The van der Waals surface area contributed by atoms with Crippen molar-refractivity contribution in [2.75, 3.05) is 0 Å². The molecule has 3 nitrogen and oxygen atoms in total. The minimum atomic E-state index is -0.131. The molecule has 1 spiro atoms. The summed E-state index contributed by atoms with van der Waals surface area (Å²) >= 11 is 0. The Hall–Kier alpha value is -0.570. The van der Waals surface area contributed by atoms with E-state index in [9.17, 15) is 4.79 Å². The molecule has 5 fully saturated rings. The van der Waals surface area contributed by atoms with Gasteiger partial charge in [0.25, 0.3) is 0 Å². The Kier molecular flexibility index (Phi) is 5.79. The van der Waals surface area contributed by atoms with Gasteiger partial charge in [0.2, 0.25) is 0 Å². The van der Waals surface area contributed by atoms with Gasteiger partial charge in [0, 0.05) is 18.8 Å². The molecule has 0 bridgehead atoms. The molecule has 182 valence electrons. The van der Waals surface area contributed by atoms with Crippen LogP contribution in [0, 0.1) is 46.3 Å². The standard InChI is InChI=1S/C29H48O3/c1-18(2)8-7-9-19(3)23-10-11-24-22-16-26-29(32-26)17-21(31-20(4)30)12-15-28(29,6)25(22)13-14-27(23,24)5/h18-19,21-26H,7-17H2,1-6H3/t19-,21+,22+,23+,24-,25-,26-,27-,28-,29-/m1/s1. The Bertz CT molecular complexity index is 732. The first-order chi connectivity index (χ1) is 15.1. The second kappa shape index (κ2) is 7.99. The number of esters is 1. The van der Waals surface area contributed by atoms with Crippen LogP contribution in [0.4, 0.5) is 0 Å². The predicted molar refractivity (Wildman–Crippen MR) is 128 cm³/mol. The highest BCUT2D eigenvalue weighted by molar-refractivity contribution is 5.66. The van der Waals surface area contributed by atoms with Crippen LogP contribution in [0.2, 0.25) is 0 Å². The summed E-state index contributed by atoms with van der Waals surface area (Å²) in [4.78, 5) is 11.6. The third-order valence-corrected chi connectivity index (χ3v) is 11.6. The smallest absolute Gasteiger partial charge is 0.302 e. The van der Waals surface area contributed by atoms with E-state index < -0.39 is 0 Å². The van der Waals surface area contributed by atoms with E-state index in [0.717, 1.165) is 48.3 Å². The lowest BCUT2D eigenvalue weighted by Crippen LogP contribution is -2.59. The Morgan fingerprint density at radius 2 is 1.81 bits per heavy atom. The van der Waals surface area contributed by atoms with Crippen molar-refractivity contribution in [2.24, 2.45) is 46.3 Å². The molecule has 32 heavy (non-hydrogen) atoms. The summed E-state index contributed by atoms with van der Waals surface area (Å²) < 4.78 is 12.3. The molecule has 0 aromatic carbocycles. The zero-order valence-electron chi connectivity index (χ0n) is 21.6. The quantitative estimate of drug-likeness (QED) is 0.322. The molecule has 10 atom stereocenters. The molecular weight excluding hydrogens is 396 g/mol. The molecule has 0 aromatic rings. The average Bonchev–Trinajstić information content (AvgIpc) is 3.28. The van der Waals surface area contributed by atoms with E-state index in [2.05, 4.69) is 34.6 Å². The van der Waals surface area contributed by atoms with Crippen LogP contribution >= 0.6 is 0 Å². The predicted octanol–water partition coefficient (Wildman–Crippen LogP) is 7.17. The lowest BCUT2D eigenvalue weighted by molar-refractivity contribution is -0.157. The highest BCUT2D eigenvalue weighted by Crippen LogP contribution is 2.74. The summed E-state index contributed by atoms with van der Waals surface area (Å²) in [6, 6.07) is 0. The topological polar surface area (TPSA) is 38.8 Å². The fourth-order valence-corrected chi connectivity index (χ4v) is 10.00. The highest BCUT2D eigenvalue weighted by Gasteiger charge is 2.76. The molecule has 3 heteroatoms. The highest BCUT2D eigenvalue weighted by atomic mass is 16.6. The number of epoxide rings is 1. The molecule has 0 amide bonds. The molecule has 4 aliphatic carbocycles. The van der Waals surface area contributed by atoms with E-state index in [0.29, 0.717) is 11.5 Å². The maximum atomic E-state index is 11.6. The van der Waals surface area contributed by atoms with Gasteiger partial charge >= 0.3 is 5.97 Å². The van der Waals surface area contributed by atoms with E-state index in [1.165, 1.54) is 57.8 Å². The van der Waals surface area contributed by atoms with E-state index in [-0.39, 0.29) is 23.1 Å². The van der Waals surface area contributed by atoms with Crippen molar-refractivity contribution < 1.29 is 14.3 Å². The number of fused-ring (bicyclic) bond motifs is 4. The largest absolute Gasteiger partial charge is 0.462 e. The first-order valence-electron chi connectivity index (χ1n) is 14.0. The third-order valence-electron chi connectivity index (χ3n) is 11.6. The summed E-state index contributed by atoms with van der Waals surface area (Å²) in [6.45, 7) is 14.1. The third kappa shape index (κ3) is 3.42. The van der Waals surface area contributed by atoms with Gasteiger partial charge in [-0.1, -0.05) is 53.9 Å². The molecule has 4 saturated carbocycles. The maximum Gasteiger partial charge on any atom is 0.302 e. The molecule has 0 aromatic heterocycles. The van der Waals surface area contributed by atoms with Crippen LogP contribution in [0.5, 0.6) is 0 Å². The number of hydrogen-bond acceptors (Lipinski definition) is 3. The molecule has 1 heterocycles. The van der Waals surface area contributed by atoms with Crippen molar-refractivity contribution in [3.8, 4) is 0 Å². The average molecular weight is 445 g/mol. The first-order valence-corrected chi connectivity index (χ1v) is 14.0. The number of ether oxygens (including phenoxy) is 2. The summed E-state index contributed by atoms with van der Waals surface area (Å²) in [5.74, 6) is 5.03. The molecule has 0 radical (unpaired) electrons. The number of rotatable bonds is 6. The van der Waals surface area contributed by atoms with Gasteiger partial charge in [-0.2, -0.15) is 0 Å². The van der Waals surface area contributed by atoms with Crippen molar-refractivity contribution in [3.63, 3.8) is 0 Å². The lowest BCUT2D eigenvalue weighted by Gasteiger charge is -2.59. The minimum Gasteiger partial charge on any atom is -0.462 e. The summed E-state index contributed by atoms with van der Waals surface area (Å²) in [5.41, 5.74) is 0.820. The van der Waals surface area contributed by atoms with Crippen molar-refractivity contribution >= 4 is 5.97 Å². The second-order valence-corrected chi connectivity index (χ2v) is 13.5. The number of hydrogen-bond donors (Lipinski definition) is 0. The van der Waals surface area contributed by atoms with Crippen LogP contribution in [-0.4, -0.2) is 23.8 Å². The van der Waals surface area contributed by atoms with E-state index in [1.807, 2.05) is 0 Å². The number of carbonyl (C=O) groups is 1. The van der Waals surface area contributed by atoms with E-state index in [1.54, 1.807) is 6.92 Å². The zero-order valence-corrected chi connectivity index (χ0v) is 21.6. The van der Waals surface area contributed by atoms with Gasteiger partial charge in [0.15, 0.2) is 0 Å². The fourth-order valence-electron chi connectivity index (χ4n) is 10.00. The van der Waals surface area contributed by atoms with E-state index >= 15 is 0 Å². The van der Waals surface area contributed by atoms with Gasteiger partial charge in [0.1, 0.15) is 11.7 Å². The van der Waals surface area contributed by atoms with Gasteiger partial charge in [-0.15, -0.1) is 0 Å². The SMILES string of the molecule is CC(=O)O[C@H]1CC[C@]2(C)[C@@H]3CC[C@@]4(C)[C@H](CC[C@H]4[C@H](C)CCCC(C)C)[C@@H]3C[C@H]3O[C@]32C1. The van der Waals surface area contributed by atoms with Gasteiger partial charge in [0.05, 0.1) is 6.10 Å². The summed E-state index contributed by atoms with van der Waals surface area (Å²) in [5, 5.41) is 0. The van der Waals surface area contributed by atoms with Gasteiger partial charge in [-0.05, 0) is 85.9 Å². The monoisotopic (exact) mass is 444 g/mol. The lowest BCUT2D eigenvalue weighted by atomic mass is 9.44. The van der Waals surface area contributed by atoms with E-state index in [4.69, 9.17) is 9.47 Å². The summed E-state index contributed by atoms with van der Waals surface area (Å²) in [7, 11) is 0. The number of carbonyl (C=O) groups excluding carboxylic acids is 1. The molecule has 1 saturated heterocycles. The van der Waals surface area contributed by atoms with Gasteiger partial charge < -0.3 is 9.47 Å². The molecule has 1 aliphatic heterocycles. The van der Waals surface area contributed by atoms with Crippen molar-refractivity contribution in [2.45, 2.75) is 130 Å². The molecule has 0 N–H and O–H groups in total. The molecule has 5 aliphatic rings. The minimum absolute atomic E-state index is 0.00240. The fraction of sp³-hybridized carbons (Fsp3) is 0.966. The Labute approximate surface area is 196 Å². The van der Waals surface area contributed by atoms with Crippen molar-refractivity contribution in [3.05, 3.63) is 0 Å². The van der Waals surface area contributed by atoms with Crippen LogP contribution in [-0.2, 0) is 14.3 Å². The Balaban J connectivity index is 1.30. The molecule has 5 rings (SSSR count). The molecular formula is C29H48O3. The van der Waals surface area contributed by atoms with Crippen molar-refractivity contribution in [1.82, 2.24) is 0 Å².